The molecule has 1 atom stereocenters. The molecular weight excluding hydrogens is 448 g/mol. The average Bonchev–Trinajstić information content (AvgIpc) is 2.77. The first-order valence-electron chi connectivity index (χ1n) is 10.1. The molecule has 0 aliphatic carbocycles. The Morgan fingerprint density at radius 2 is 1.72 bits per heavy atom. The van der Waals surface area contributed by atoms with E-state index >= 15 is 0 Å². The second-order valence-corrected chi connectivity index (χ2v) is 9.36. The molecule has 0 spiro atoms. The first-order valence-corrected chi connectivity index (χ1v) is 12.0. The van der Waals surface area contributed by atoms with Crippen molar-refractivity contribution >= 4 is 33.2 Å². The molecule has 32 heavy (non-hydrogen) atoms. The van der Waals surface area contributed by atoms with E-state index in [1.54, 1.807) is 25.1 Å². The number of rotatable bonds is 9. The second kappa shape index (κ2) is 10.6. The van der Waals surface area contributed by atoms with E-state index in [9.17, 15) is 13.2 Å². The highest BCUT2D eigenvalue weighted by molar-refractivity contribution is 7.89. The molecule has 1 unspecified atom stereocenters. The van der Waals surface area contributed by atoms with Gasteiger partial charge >= 0.3 is 0 Å². The van der Waals surface area contributed by atoms with E-state index in [1.807, 2.05) is 49.4 Å². The monoisotopic (exact) mass is 472 g/mol. The lowest BCUT2D eigenvalue weighted by Gasteiger charge is -2.20. The summed E-state index contributed by atoms with van der Waals surface area (Å²) >= 11 is 6.04. The zero-order chi connectivity index (χ0) is 23.1. The van der Waals surface area contributed by atoms with Crippen LogP contribution < -0.4 is 14.8 Å². The minimum Gasteiger partial charge on any atom is -0.492 e. The summed E-state index contributed by atoms with van der Waals surface area (Å²) in [5.74, 6) is -0.303. The number of aryl methyl sites for hydroxylation is 1. The van der Waals surface area contributed by atoms with Gasteiger partial charge in [0.05, 0.1) is 6.61 Å². The van der Waals surface area contributed by atoms with E-state index in [0.29, 0.717) is 5.69 Å². The maximum Gasteiger partial charge on any atom is 0.245 e. The van der Waals surface area contributed by atoms with Crippen LogP contribution in [-0.2, 0) is 21.2 Å². The number of hydrogen-bond acceptors (Lipinski definition) is 4. The lowest BCUT2D eigenvalue weighted by molar-refractivity contribution is -0.117. The van der Waals surface area contributed by atoms with Crippen LogP contribution in [0, 0.1) is 6.92 Å². The number of anilines is 1. The minimum atomic E-state index is -4.12. The molecule has 1 amide bonds. The van der Waals surface area contributed by atoms with E-state index in [2.05, 4.69) is 10.0 Å². The largest absolute Gasteiger partial charge is 0.492 e. The number of carbonyl (C=O) groups is 1. The third-order valence-corrected chi connectivity index (χ3v) is 6.44. The molecule has 6 nitrogen and oxygen atoms in total. The second-order valence-electron chi connectivity index (χ2n) is 7.24. The molecule has 8 heteroatoms. The molecule has 0 fully saturated rings. The molecule has 168 valence electrons. The molecule has 3 aromatic carbocycles. The summed E-state index contributed by atoms with van der Waals surface area (Å²) in [5, 5.41) is 3.04. The van der Waals surface area contributed by atoms with Gasteiger partial charge in [0.25, 0.3) is 0 Å². The Balaban J connectivity index is 1.91. The topological polar surface area (TPSA) is 84.5 Å². The van der Waals surface area contributed by atoms with Crippen molar-refractivity contribution in [1.82, 2.24) is 4.72 Å². The first-order chi connectivity index (χ1) is 15.3. The van der Waals surface area contributed by atoms with Gasteiger partial charge in [-0.2, -0.15) is 4.72 Å². The average molecular weight is 473 g/mol. The number of ether oxygens (including phenoxy) is 1. The fraction of sp³-hybridized carbons (Fsp3) is 0.208. The van der Waals surface area contributed by atoms with Crippen LogP contribution in [0.3, 0.4) is 0 Å². The van der Waals surface area contributed by atoms with Gasteiger partial charge < -0.3 is 10.1 Å². The molecule has 0 bridgehead atoms. The van der Waals surface area contributed by atoms with Crippen LogP contribution in [0.5, 0.6) is 5.75 Å². The quantitative estimate of drug-likeness (QED) is 0.477. The van der Waals surface area contributed by atoms with Crippen molar-refractivity contribution in [1.29, 1.82) is 0 Å². The predicted molar refractivity (Wildman–Crippen MR) is 127 cm³/mol. The van der Waals surface area contributed by atoms with E-state index in [1.165, 1.54) is 12.1 Å². The van der Waals surface area contributed by atoms with Crippen molar-refractivity contribution in [2.24, 2.45) is 0 Å². The van der Waals surface area contributed by atoms with Crippen LogP contribution in [0.25, 0.3) is 0 Å². The van der Waals surface area contributed by atoms with Crippen molar-refractivity contribution < 1.29 is 17.9 Å². The van der Waals surface area contributed by atoms with Crippen molar-refractivity contribution in [2.45, 2.75) is 31.2 Å². The molecule has 0 aliphatic heterocycles. The fourth-order valence-corrected chi connectivity index (χ4v) is 4.72. The van der Waals surface area contributed by atoms with E-state index in [-0.39, 0.29) is 28.7 Å². The normalized spacial score (nSPS) is 12.2. The molecule has 0 saturated heterocycles. The van der Waals surface area contributed by atoms with Gasteiger partial charge in [0.2, 0.25) is 15.9 Å². The number of sulfonamides is 1. The van der Waals surface area contributed by atoms with Crippen LogP contribution in [0.2, 0.25) is 5.02 Å². The molecule has 0 aromatic heterocycles. The highest BCUT2D eigenvalue weighted by atomic mass is 35.5. The number of carbonyl (C=O) groups excluding carboxylic acids is 1. The Morgan fingerprint density at radius 3 is 2.38 bits per heavy atom. The molecule has 3 rings (SSSR count). The highest BCUT2D eigenvalue weighted by Gasteiger charge is 2.28. The summed E-state index contributed by atoms with van der Waals surface area (Å²) in [5.41, 5.74) is 2.44. The smallest absolute Gasteiger partial charge is 0.245 e. The summed E-state index contributed by atoms with van der Waals surface area (Å²) in [6.45, 7) is 3.98. The van der Waals surface area contributed by atoms with Crippen LogP contribution >= 0.6 is 11.6 Å². The van der Waals surface area contributed by atoms with Crippen LogP contribution in [-0.4, -0.2) is 27.0 Å². The van der Waals surface area contributed by atoms with Crippen LogP contribution in [0.4, 0.5) is 5.69 Å². The van der Waals surface area contributed by atoms with E-state index < -0.39 is 22.0 Å². The lowest BCUT2D eigenvalue weighted by Crippen LogP contribution is -2.45. The maximum atomic E-state index is 13.3. The fourth-order valence-electron chi connectivity index (χ4n) is 3.12. The van der Waals surface area contributed by atoms with E-state index in [4.69, 9.17) is 16.3 Å². The van der Waals surface area contributed by atoms with Crippen molar-refractivity contribution in [3.8, 4) is 5.75 Å². The summed E-state index contributed by atoms with van der Waals surface area (Å²) < 4.78 is 34.5. The molecule has 3 aromatic rings. The number of nitrogens with one attached hydrogen (secondary N) is 2. The third-order valence-electron chi connectivity index (χ3n) is 4.71. The zero-order valence-corrected chi connectivity index (χ0v) is 19.4. The molecule has 0 heterocycles. The zero-order valence-electron chi connectivity index (χ0n) is 17.8. The van der Waals surface area contributed by atoms with Gasteiger partial charge in [0, 0.05) is 10.7 Å². The van der Waals surface area contributed by atoms with Crippen molar-refractivity contribution in [3.63, 3.8) is 0 Å². The van der Waals surface area contributed by atoms with Gasteiger partial charge in [0.1, 0.15) is 16.7 Å². The first kappa shape index (κ1) is 23.8. The van der Waals surface area contributed by atoms with Gasteiger partial charge in [-0.3, -0.25) is 4.79 Å². The molecule has 0 saturated carbocycles. The van der Waals surface area contributed by atoms with Gasteiger partial charge in [-0.05, 0) is 56.2 Å². The van der Waals surface area contributed by atoms with Crippen molar-refractivity contribution in [3.05, 3.63) is 88.9 Å². The number of halogens is 1. The molecule has 0 aliphatic rings. The Labute approximate surface area is 193 Å². The third kappa shape index (κ3) is 6.32. The van der Waals surface area contributed by atoms with Crippen molar-refractivity contribution in [2.75, 3.05) is 11.9 Å². The van der Waals surface area contributed by atoms with Crippen LogP contribution in [0.15, 0.2) is 77.7 Å². The summed E-state index contributed by atoms with van der Waals surface area (Å²) in [6, 6.07) is 19.8. The number of benzene rings is 3. The molecule has 0 radical (unpaired) electrons. The van der Waals surface area contributed by atoms with Gasteiger partial charge in [-0.25, -0.2) is 8.42 Å². The Hall–Kier alpha value is -2.87. The standard InChI is InChI=1S/C24H25ClN2O4S/c1-3-31-22-14-11-19(25)16-23(22)32(29,30)27-21(15-18-7-5-4-6-8-18)24(28)26-20-12-9-17(2)10-13-20/h4-14,16,21,27H,3,15H2,1-2H3,(H,26,28). The van der Waals surface area contributed by atoms with Gasteiger partial charge in [-0.1, -0.05) is 59.6 Å². The Kier molecular flexibility index (Phi) is 7.90. The maximum absolute atomic E-state index is 13.3. The highest BCUT2D eigenvalue weighted by Crippen LogP contribution is 2.28. The number of hydrogen-bond donors (Lipinski definition) is 2. The van der Waals surface area contributed by atoms with Gasteiger partial charge in [-0.15, -0.1) is 0 Å². The molecular formula is C24H25ClN2O4S. The summed E-state index contributed by atoms with van der Waals surface area (Å²) in [6.07, 6.45) is 0.169. The SMILES string of the molecule is CCOc1ccc(Cl)cc1S(=O)(=O)NC(Cc1ccccc1)C(=O)Nc1ccc(C)cc1. The number of amides is 1. The van der Waals surface area contributed by atoms with Crippen LogP contribution in [0.1, 0.15) is 18.1 Å². The van der Waals surface area contributed by atoms with E-state index in [0.717, 1.165) is 11.1 Å². The minimum absolute atomic E-state index is 0.118. The summed E-state index contributed by atoms with van der Waals surface area (Å²) in [4.78, 5) is 13.0. The predicted octanol–water partition coefficient (Wildman–Crippen LogP) is 4.58. The Morgan fingerprint density at radius 1 is 1.03 bits per heavy atom. The Bertz CT molecular complexity index is 1170. The lowest BCUT2D eigenvalue weighted by atomic mass is 10.1. The van der Waals surface area contributed by atoms with Gasteiger partial charge in [0.15, 0.2) is 0 Å². The molecule has 2 N–H and O–H groups in total. The summed E-state index contributed by atoms with van der Waals surface area (Å²) in [7, 11) is -4.12.